The molecule has 1 atom stereocenters. The van der Waals surface area contributed by atoms with Crippen molar-refractivity contribution in [3.63, 3.8) is 0 Å². The van der Waals surface area contributed by atoms with Gasteiger partial charge in [0, 0.05) is 32.5 Å². The van der Waals surface area contributed by atoms with E-state index in [0.29, 0.717) is 12.6 Å². The molecule has 0 rings (SSSR count). The van der Waals surface area contributed by atoms with E-state index in [0.717, 1.165) is 71.5 Å². The quantitative estimate of drug-likeness (QED) is 0.235. The number of ether oxygens (including phenoxy) is 2. The molecule has 0 radical (unpaired) electrons. The van der Waals surface area contributed by atoms with E-state index < -0.39 is 0 Å². The summed E-state index contributed by atoms with van der Waals surface area (Å²) in [5, 5.41) is 3.56. The molecule has 1 unspecified atom stereocenters. The highest BCUT2D eigenvalue weighted by Gasteiger charge is 1.99. The Morgan fingerprint density at radius 2 is 1.57 bits per heavy atom. The highest BCUT2D eigenvalue weighted by atomic mass is 16.5. The highest BCUT2D eigenvalue weighted by molar-refractivity contribution is 5.06. The molecule has 0 heterocycles. The smallest absolute Gasteiger partial charge is 0.0487 e. The molecule has 0 fully saturated rings. The molecule has 0 aromatic heterocycles. The molecule has 3 N–H and O–H groups in total. The molecule has 0 aliphatic rings. The second kappa shape index (κ2) is 20.8. The van der Waals surface area contributed by atoms with Crippen LogP contribution in [0, 0.1) is 0 Å². The van der Waals surface area contributed by atoms with Crippen molar-refractivity contribution in [3.05, 3.63) is 35.5 Å². The molecule has 0 aromatic carbocycles. The van der Waals surface area contributed by atoms with Crippen LogP contribution in [0.2, 0.25) is 0 Å². The van der Waals surface area contributed by atoms with Crippen LogP contribution in [0.5, 0.6) is 0 Å². The lowest BCUT2D eigenvalue weighted by atomic mass is 10.1. The fraction of sp³-hybridized carbons (Fsp3) is 0.750. The minimum atomic E-state index is 0.413. The van der Waals surface area contributed by atoms with Crippen LogP contribution in [0.1, 0.15) is 72.6 Å². The van der Waals surface area contributed by atoms with Gasteiger partial charge in [0.15, 0.2) is 0 Å². The third-order valence-electron chi connectivity index (χ3n) is 4.51. The molecular weight excluding hydrogens is 348 g/mol. The summed E-state index contributed by atoms with van der Waals surface area (Å²) in [6, 6.07) is 0.413. The third-order valence-corrected chi connectivity index (χ3v) is 4.51. The van der Waals surface area contributed by atoms with Gasteiger partial charge in [-0.15, -0.1) is 0 Å². The van der Waals surface area contributed by atoms with Gasteiger partial charge in [0.05, 0.1) is 0 Å². The first-order chi connectivity index (χ1) is 13.6. The Bertz CT molecular complexity index is 430. The first-order valence-corrected chi connectivity index (χ1v) is 11.1. The molecule has 0 aliphatic heterocycles. The Balaban J connectivity index is 3.62. The van der Waals surface area contributed by atoms with E-state index in [4.69, 9.17) is 15.2 Å². The van der Waals surface area contributed by atoms with E-state index >= 15 is 0 Å². The number of nitrogens with two attached hydrogens (primary N) is 1. The Morgan fingerprint density at radius 1 is 0.929 bits per heavy atom. The summed E-state index contributed by atoms with van der Waals surface area (Å²) >= 11 is 0. The van der Waals surface area contributed by atoms with Crippen LogP contribution >= 0.6 is 0 Å². The highest BCUT2D eigenvalue weighted by Crippen LogP contribution is 2.11. The van der Waals surface area contributed by atoms with Crippen LogP contribution in [-0.2, 0) is 9.47 Å². The SMILES string of the molecule is CC=CCCC(C)=CCCC(C)=CC(C)NCCCOCCCOCCCN. The van der Waals surface area contributed by atoms with Gasteiger partial charge in [0.25, 0.3) is 0 Å². The lowest BCUT2D eigenvalue weighted by Crippen LogP contribution is -2.26. The lowest BCUT2D eigenvalue weighted by molar-refractivity contribution is 0.0814. The first kappa shape index (κ1) is 27.1. The molecule has 4 nitrogen and oxygen atoms in total. The minimum absolute atomic E-state index is 0.413. The predicted octanol–water partition coefficient (Wildman–Crippen LogP) is 5.16. The van der Waals surface area contributed by atoms with Gasteiger partial charge in [-0.25, -0.2) is 0 Å². The van der Waals surface area contributed by atoms with Crippen LogP contribution in [0.25, 0.3) is 0 Å². The Hall–Kier alpha value is -0.940. The van der Waals surface area contributed by atoms with Crippen molar-refractivity contribution in [1.82, 2.24) is 5.32 Å². The topological polar surface area (TPSA) is 56.5 Å². The number of allylic oxidation sites excluding steroid dienone is 5. The van der Waals surface area contributed by atoms with Gasteiger partial charge >= 0.3 is 0 Å². The van der Waals surface area contributed by atoms with Gasteiger partial charge in [-0.05, 0) is 85.7 Å². The van der Waals surface area contributed by atoms with Gasteiger partial charge in [0.1, 0.15) is 0 Å². The zero-order chi connectivity index (χ0) is 20.9. The van der Waals surface area contributed by atoms with Crippen molar-refractivity contribution < 1.29 is 9.47 Å². The fourth-order valence-corrected chi connectivity index (χ4v) is 2.85. The van der Waals surface area contributed by atoms with Gasteiger partial charge in [0.2, 0.25) is 0 Å². The average molecular weight is 395 g/mol. The molecule has 0 bridgehead atoms. The van der Waals surface area contributed by atoms with Gasteiger partial charge in [-0.2, -0.15) is 0 Å². The number of rotatable bonds is 19. The summed E-state index contributed by atoms with van der Waals surface area (Å²) in [5.74, 6) is 0. The Morgan fingerprint density at radius 3 is 2.25 bits per heavy atom. The molecule has 0 saturated carbocycles. The summed E-state index contributed by atoms with van der Waals surface area (Å²) in [5.41, 5.74) is 8.38. The fourth-order valence-electron chi connectivity index (χ4n) is 2.85. The predicted molar refractivity (Wildman–Crippen MR) is 123 cm³/mol. The molecule has 4 heteroatoms. The van der Waals surface area contributed by atoms with Gasteiger partial charge < -0.3 is 20.5 Å². The molecule has 0 amide bonds. The lowest BCUT2D eigenvalue weighted by Gasteiger charge is -2.11. The van der Waals surface area contributed by atoms with Crippen LogP contribution in [0.4, 0.5) is 0 Å². The second-order valence-electron chi connectivity index (χ2n) is 7.53. The van der Waals surface area contributed by atoms with Crippen LogP contribution < -0.4 is 11.1 Å². The summed E-state index contributed by atoms with van der Waals surface area (Å²) in [6.45, 7) is 13.6. The van der Waals surface area contributed by atoms with Crippen LogP contribution in [0.3, 0.4) is 0 Å². The Kier molecular flexibility index (Phi) is 20.1. The standard InChI is InChI=1S/C24H46N2O2/c1-5-6-7-12-22(2)13-8-14-23(3)21-24(4)26-16-10-18-28-20-11-19-27-17-9-15-25/h5-6,13,21,24,26H,7-12,14-20,25H2,1-4H3. The largest absolute Gasteiger partial charge is 0.381 e. The molecule has 0 aliphatic carbocycles. The minimum Gasteiger partial charge on any atom is -0.381 e. The zero-order valence-corrected chi connectivity index (χ0v) is 19.0. The van der Waals surface area contributed by atoms with E-state index in [1.54, 1.807) is 0 Å². The molecule has 0 spiro atoms. The summed E-state index contributed by atoms with van der Waals surface area (Å²) in [4.78, 5) is 0. The second-order valence-corrected chi connectivity index (χ2v) is 7.53. The monoisotopic (exact) mass is 394 g/mol. The van der Waals surface area contributed by atoms with E-state index in [1.165, 1.54) is 17.6 Å². The maximum absolute atomic E-state index is 5.64. The molecule has 0 aromatic rings. The average Bonchev–Trinajstić information content (AvgIpc) is 2.66. The summed E-state index contributed by atoms with van der Waals surface area (Å²) in [6.07, 6.45) is 16.6. The van der Waals surface area contributed by atoms with Crippen molar-refractivity contribution in [1.29, 1.82) is 0 Å². The maximum atomic E-state index is 5.64. The number of hydrogen-bond donors (Lipinski definition) is 2. The maximum Gasteiger partial charge on any atom is 0.0487 e. The van der Waals surface area contributed by atoms with Crippen LogP contribution in [-0.4, -0.2) is 45.6 Å². The van der Waals surface area contributed by atoms with Gasteiger partial charge in [-0.3, -0.25) is 0 Å². The van der Waals surface area contributed by atoms with Crippen molar-refractivity contribution in [2.45, 2.75) is 78.7 Å². The van der Waals surface area contributed by atoms with E-state index in [1.807, 2.05) is 0 Å². The molecule has 28 heavy (non-hydrogen) atoms. The number of nitrogens with one attached hydrogen (secondary N) is 1. The van der Waals surface area contributed by atoms with Crippen molar-refractivity contribution in [2.24, 2.45) is 5.73 Å². The number of hydrogen-bond acceptors (Lipinski definition) is 4. The molecular formula is C24H46N2O2. The van der Waals surface area contributed by atoms with Crippen molar-refractivity contribution in [2.75, 3.05) is 39.5 Å². The molecule has 164 valence electrons. The Labute approximate surface area is 174 Å². The molecule has 0 saturated heterocycles. The van der Waals surface area contributed by atoms with E-state index in [9.17, 15) is 0 Å². The summed E-state index contributed by atoms with van der Waals surface area (Å²) in [7, 11) is 0. The normalized spacial score (nSPS) is 14.2. The first-order valence-electron chi connectivity index (χ1n) is 11.1. The third kappa shape index (κ3) is 19.8. The van der Waals surface area contributed by atoms with E-state index in [2.05, 4.69) is 57.3 Å². The van der Waals surface area contributed by atoms with E-state index in [-0.39, 0.29) is 0 Å². The van der Waals surface area contributed by atoms with Crippen molar-refractivity contribution >= 4 is 0 Å². The van der Waals surface area contributed by atoms with Gasteiger partial charge in [-0.1, -0.05) is 35.5 Å². The zero-order valence-electron chi connectivity index (χ0n) is 19.0. The van der Waals surface area contributed by atoms with Crippen molar-refractivity contribution in [3.8, 4) is 0 Å². The summed E-state index contributed by atoms with van der Waals surface area (Å²) < 4.78 is 11.1. The van der Waals surface area contributed by atoms with Crippen LogP contribution in [0.15, 0.2) is 35.5 Å².